The predicted octanol–water partition coefficient (Wildman–Crippen LogP) is 4.67. The number of nitrogens with one attached hydrogen (secondary N) is 2. The van der Waals surface area contributed by atoms with Gasteiger partial charge in [-0.05, 0) is 6.42 Å². The molecule has 5 atom stereocenters. The first-order valence-corrected chi connectivity index (χ1v) is 18.8. The van der Waals surface area contributed by atoms with E-state index in [4.69, 9.17) is 0 Å². The number of likely N-dealkylation sites (tertiary alicyclic amines) is 2. The Kier molecular flexibility index (Phi) is 14.0. The summed E-state index contributed by atoms with van der Waals surface area (Å²) in [6, 6.07) is -0.541. The maximum absolute atomic E-state index is 14.2. The van der Waals surface area contributed by atoms with E-state index in [-0.39, 0.29) is 65.3 Å². The van der Waals surface area contributed by atoms with Gasteiger partial charge in [-0.2, -0.15) is 0 Å². The minimum atomic E-state index is -0.454. The van der Waals surface area contributed by atoms with Gasteiger partial charge in [0.25, 0.3) is 0 Å². The van der Waals surface area contributed by atoms with E-state index in [0.717, 1.165) is 90.1 Å². The summed E-state index contributed by atoms with van der Waals surface area (Å²) in [6.45, 7) is 12.4. The van der Waals surface area contributed by atoms with Crippen LogP contribution in [0.1, 0.15) is 96.8 Å². The van der Waals surface area contributed by atoms with E-state index in [9.17, 15) is 14.4 Å². The molecule has 3 aliphatic rings. The molecule has 0 bridgehead atoms. The molecule has 215 valence electrons. The molecule has 3 amide bonds. The van der Waals surface area contributed by atoms with Crippen LogP contribution in [-0.2, 0) is 40.5 Å². The molecule has 8 heteroatoms. The summed E-state index contributed by atoms with van der Waals surface area (Å²) >= 11 is 0.152. The number of rotatable bonds is 17. The number of carbonyl (C=O) groups excluding carboxylic acids is 3. The van der Waals surface area contributed by atoms with E-state index >= 15 is 0 Å². The van der Waals surface area contributed by atoms with Gasteiger partial charge in [-0.3, -0.25) is 0 Å². The fourth-order valence-electron chi connectivity index (χ4n) is 6.31. The van der Waals surface area contributed by atoms with Crippen LogP contribution in [0.25, 0.3) is 0 Å². The fraction of sp³-hybridized carbons (Fsp3) is 0.774. The second kappa shape index (κ2) is 16.9. The quantitative estimate of drug-likeness (QED) is 0.130. The number of nitrogens with zero attached hydrogens (tertiary/aromatic N) is 2. The zero-order valence-electron chi connectivity index (χ0n) is 24.4. The van der Waals surface area contributed by atoms with Crippen LogP contribution >= 0.6 is 0 Å². The summed E-state index contributed by atoms with van der Waals surface area (Å²) in [4.78, 5) is 45.3. The van der Waals surface area contributed by atoms with E-state index < -0.39 is 6.04 Å². The number of hydrogen-bond donors (Lipinski definition) is 2. The predicted molar refractivity (Wildman–Crippen MR) is 153 cm³/mol. The van der Waals surface area contributed by atoms with Gasteiger partial charge in [0, 0.05) is 0 Å². The molecule has 0 aromatic heterocycles. The molecule has 2 heterocycles. The Bertz CT molecular complexity index is 827. The zero-order chi connectivity index (χ0) is 28.2. The van der Waals surface area contributed by atoms with Crippen molar-refractivity contribution in [1.29, 1.82) is 0 Å². The minimum absolute atomic E-state index is 0.0686. The van der Waals surface area contributed by atoms with Crippen molar-refractivity contribution >= 4 is 17.7 Å². The van der Waals surface area contributed by atoms with Gasteiger partial charge in [0.15, 0.2) is 0 Å². The Morgan fingerprint density at radius 3 is 2.38 bits per heavy atom. The molecule has 3 fully saturated rings. The molecular formula is C31H51HgN4O3. The van der Waals surface area contributed by atoms with Crippen molar-refractivity contribution in [2.24, 2.45) is 5.92 Å². The van der Waals surface area contributed by atoms with Gasteiger partial charge < -0.3 is 0 Å². The Labute approximate surface area is 252 Å². The van der Waals surface area contributed by atoms with Gasteiger partial charge in [0.1, 0.15) is 0 Å². The number of hydrogen-bond acceptors (Lipinski definition) is 4. The van der Waals surface area contributed by atoms with Crippen LogP contribution in [0.3, 0.4) is 0 Å². The second-order valence-electron chi connectivity index (χ2n) is 11.9. The molecule has 3 rings (SSSR count). The molecule has 0 radical (unpaired) electrons. The van der Waals surface area contributed by atoms with Crippen molar-refractivity contribution in [2.75, 3.05) is 19.6 Å². The average molecular weight is 728 g/mol. The normalized spacial score (nSPS) is 24.0. The van der Waals surface area contributed by atoms with E-state index in [1.807, 2.05) is 11.0 Å². The molecule has 3 unspecified atom stereocenters. The summed E-state index contributed by atoms with van der Waals surface area (Å²) in [6.07, 6.45) is 17.8. The third-order valence-electron chi connectivity index (χ3n) is 8.73. The number of allylic oxidation sites excluding steroid dienone is 1. The molecule has 0 spiro atoms. The van der Waals surface area contributed by atoms with Crippen LogP contribution in [0.2, 0.25) is 3.43 Å². The fourth-order valence-corrected chi connectivity index (χ4v) is 7.97. The summed E-state index contributed by atoms with van der Waals surface area (Å²) in [7, 11) is 0. The zero-order valence-corrected chi connectivity index (χ0v) is 29.9. The van der Waals surface area contributed by atoms with Crippen molar-refractivity contribution in [2.45, 2.75) is 124 Å². The van der Waals surface area contributed by atoms with Gasteiger partial charge in [-0.25, -0.2) is 0 Å². The van der Waals surface area contributed by atoms with Crippen LogP contribution in [0, 0.1) is 5.92 Å². The van der Waals surface area contributed by atoms with Crippen molar-refractivity contribution in [1.82, 2.24) is 20.4 Å². The van der Waals surface area contributed by atoms with E-state index in [2.05, 4.69) is 35.6 Å². The Morgan fingerprint density at radius 2 is 1.74 bits per heavy atom. The van der Waals surface area contributed by atoms with Crippen molar-refractivity contribution in [3.05, 3.63) is 25.3 Å². The molecule has 39 heavy (non-hydrogen) atoms. The van der Waals surface area contributed by atoms with Crippen LogP contribution < -0.4 is 10.6 Å². The van der Waals surface area contributed by atoms with Crippen molar-refractivity contribution in [3.63, 3.8) is 0 Å². The van der Waals surface area contributed by atoms with Crippen molar-refractivity contribution in [3.8, 4) is 0 Å². The summed E-state index contributed by atoms with van der Waals surface area (Å²) < 4.78 is -0.167. The second-order valence-corrected chi connectivity index (χ2v) is 15.3. The first-order valence-electron chi connectivity index (χ1n) is 15.6. The first kappa shape index (κ1) is 32.3. The van der Waals surface area contributed by atoms with Gasteiger partial charge in [0.2, 0.25) is 0 Å². The Morgan fingerprint density at radius 1 is 1.00 bits per heavy atom. The topological polar surface area (TPSA) is 81.8 Å². The molecule has 2 aliphatic heterocycles. The Balaban J connectivity index is 1.74. The van der Waals surface area contributed by atoms with E-state index in [1.54, 1.807) is 6.08 Å². The third kappa shape index (κ3) is 9.69. The molecule has 1 saturated carbocycles. The van der Waals surface area contributed by atoms with Crippen molar-refractivity contribution < 1.29 is 40.5 Å². The van der Waals surface area contributed by atoms with Gasteiger partial charge in [-0.15, -0.1) is 6.58 Å². The molecule has 7 nitrogen and oxygen atoms in total. The summed E-state index contributed by atoms with van der Waals surface area (Å²) in [5.41, 5.74) is 0. The molecular weight excluding hydrogens is 677 g/mol. The molecule has 2 N–H and O–H groups in total. The van der Waals surface area contributed by atoms with Crippen LogP contribution in [-0.4, -0.2) is 71.3 Å². The van der Waals surface area contributed by atoms with Crippen LogP contribution in [0.5, 0.6) is 0 Å². The molecule has 0 aromatic carbocycles. The first-order chi connectivity index (χ1) is 18.9. The molecule has 2 saturated heterocycles. The van der Waals surface area contributed by atoms with Gasteiger partial charge >= 0.3 is 235 Å². The average Bonchev–Trinajstić information content (AvgIpc) is 3.66. The van der Waals surface area contributed by atoms with Gasteiger partial charge in [-0.1, -0.05) is 6.08 Å². The summed E-state index contributed by atoms with van der Waals surface area (Å²) in [5, 5.41) is 6.38. The summed E-state index contributed by atoms with van der Waals surface area (Å²) in [5.74, 6) is 0.288. The number of piperidine rings is 1. The number of unbranched alkanes of at least 4 members (excludes halogenated alkanes) is 3. The van der Waals surface area contributed by atoms with Crippen LogP contribution in [0.4, 0.5) is 0 Å². The Hall–Kier alpha value is -1.21. The van der Waals surface area contributed by atoms with Gasteiger partial charge in [0.05, 0.1) is 0 Å². The monoisotopic (exact) mass is 729 g/mol. The van der Waals surface area contributed by atoms with E-state index in [0.29, 0.717) is 19.0 Å². The maximum atomic E-state index is 14.2. The van der Waals surface area contributed by atoms with E-state index in [1.165, 1.54) is 6.42 Å². The number of carbonyl (C=O) groups is 3. The number of amides is 3. The third-order valence-corrected chi connectivity index (χ3v) is 12.4. The molecule has 0 aromatic rings. The van der Waals surface area contributed by atoms with Crippen LogP contribution in [0.15, 0.2) is 25.3 Å². The standard InChI is InChI=1S/C31H51N4O3.Hg/c1-4-7-8-9-11-16-27(34-20-12-10-13-21-34)31(38)35-22-19-24(14-5-2)29(35)30(37)33-26(15-6-3)23-28(36)32-25-17-18-25;/h4,6,23-27,29H,1,3,5,7-22H2,2H3,(H,32,36)(H,33,37);/t24-,26?,27-,29?;/m0./s1. The molecule has 1 aliphatic carbocycles. The SMILES string of the molecule is C=CCCCCC[C@@H](C(=O)N1CC[C@H](CCC)C1C(=O)NC(CC=C)[CH]([Hg])C(=O)NC1CC1)N1CCCCC1.